The van der Waals surface area contributed by atoms with Gasteiger partial charge in [-0.2, -0.15) is 0 Å². The predicted molar refractivity (Wildman–Crippen MR) is 77.5 cm³/mol. The summed E-state index contributed by atoms with van der Waals surface area (Å²) in [5.41, 5.74) is 4.93. The molecule has 2 fully saturated rings. The van der Waals surface area contributed by atoms with Crippen molar-refractivity contribution < 1.29 is 10.0 Å². The van der Waals surface area contributed by atoms with Gasteiger partial charge in [-0.15, -0.1) is 0 Å². The lowest BCUT2D eigenvalue weighted by molar-refractivity contribution is -0.131. The van der Waals surface area contributed by atoms with Crippen molar-refractivity contribution in [2.45, 2.75) is 38.5 Å². The molecule has 4 N–H and O–H groups in total. The molecule has 0 bridgehead atoms. The molecule has 1 saturated heterocycles. The fraction of sp³-hybridized carbons (Fsp3) is 0.857. The minimum Gasteiger partial charge on any atom is -0.409 e. The highest BCUT2D eigenvalue weighted by atomic mass is 16.4. The molecular formula is C14H26N4O2. The van der Waals surface area contributed by atoms with E-state index in [1.807, 2.05) is 0 Å². The Bertz CT molecular complexity index is 371. The quantitative estimate of drug-likeness (QED) is 0.300. The lowest BCUT2D eigenvalue weighted by Gasteiger charge is -2.38. The number of nitrogens with one attached hydrogen (secondary N) is 1. The molecule has 0 aromatic carbocycles. The smallest absolute Gasteiger partial charge is 0.233 e. The summed E-state index contributed by atoms with van der Waals surface area (Å²) in [7, 11) is 2.15. The Hall–Kier alpha value is -1.30. The molecule has 1 amide bonds. The van der Waals surface area contributed by atoms with E-state index in [-0.39, 0.29) is 11.7 Å². The molecule has 1 aliphatic heterocycles. The van der Waals surface area contributed by atoms with Crippen LogP contribution in [0.25, 0.3) is 0 Å². The van der Waals surface area contributed by atoms with Crippen LogP contribution in [-0.4, -0.2) is 48.5 Å². The Morgan fingerprint density at radius 3 is 2.60 bits per heavy atom. The summed E-state index contributed by atoms with van der Waals surface area (Å²) in [6.45, 7) is 2.98. The number of nitrogens with two attached hydrogens (primary N) is 1. The highest BCUT2D eigenvalue weighted by Crippen LogP contribution is 2.41. The number of oxime groups is 1. The van der Waals surface area contributed by atoms with Gasteiger partial charge in [0.25, 0.3) is 0 Å². The second-order valence-electron chi connectivity index (χ2n) is 6.21. The Morgan fingerprint density at radius 2 is 2.10 bits per heavy atom. The van der Waals surface area contributed by atoms with Gasteiger partial charge in [0.15, 0.2) is 5.84 Å². The first-order valence-corrected chi connectivity index (χ1v) is 7.53. The van der Waals surface area contributed by atoms with Gasteiger partial charge in [-0.05, 0) is 58.2 Å². The third-order valence-corrected chi connectivity index (χ3v) is 4.92. The van der Waals surface area contributed by atoms with Crippen LogP contribution >= 0.6 is 0 Å². The number of carbonyl (C=O) groups excluding carboxylic acids is 1. The van der Waals surface area contributed by atoms with E-state index in [0.29, 0.717) is 25.3 Å². The number of carbonyl (C=O) groups is 1. The summed E-state index contributed by atoms with van der Waals surface area (Å²) in [6.07, 6.45) is 5.76. The number of amides is 1. The number of amidine groups is 1. The van der Waals surface area contributed by atoms with Crippen LogP contribution in [0.4, 0.5) is 0 Å². The molecule has 0 aromatic heterocycles. The van der Waals surface area contributed by atoms with Gasteiger partial charge < -0.3 is 21.2 Å². The molecule has 0 spiro atoms. The molecular weight excluding hydrogens is 256 g/mol. The number of hydrogen-bond donors (Lipinski definition) is 3. The number of likely N-dealkylation sites (tertiary alicyclic amines) is 1. The van der Waals surface area contributed by atoms with Crippen LogP contribution in [0.3, 0.4) is 0 Å². The molecule has 0 aromatic rings. The van der Waals surface area contributed by atoms with E-state index in [2.05, 4.69) is 22.4 Å². The van der Waals surface area contributed by atoms with Crippen molar-refractivity contribution in [3.05, 3.63) is 0 Å². The van der Waals surface area contributed by atoms with Crippen LogP contribution in [0.1, 0.15) is 38.5 Å². The monoisotopic (exact) mass is 282 g/mol. The van der Waals surface area contributed by atoms with Gasteiger partial charge in [0, 0.05) is 6.54 Å². The molecule has 114 valence electrons. The van der Waals surface area contributed by atoms with Crippen LogP contribution in [0.5, 0.6) is 0 Å². The minimum absolute atomic E-state index is 0.0561. The highest BCUT2D eigenvalue weighted by molar-refractivity contribution is 6.07. The van der Waals surface area contributed by atoms with Crippen LogP contribution in [0.2, 0.25) is 0 Å². The maximum Gasteiger partial charge on any atom is 0.233 e. The molecule has 20 heavy (non-hydrogen) atoms. The normalized spacial score (nSPS) is 24.1. The maximum absolute atomic E-state index is 12.3. The van der Waals surface area contributed by atoms with Crippen molar-refractivity contribution in [1.82, 2.24) is 10.2 Å². The molecule has 0 radical (unpaired) electrons. The van der Waals surface area contributed by atoms with E-state index in [1.165, 1.54) is 12.8 Å². The first-order chi connectivity index (χ1) is 9.58. The van der Waals surface area contributed by atoms with Crippen LogP contribution in [0, 0.1) is 11.3 Å². The molecule has 6 heteroatoms. The molecule has 0 unspecified atom stereocenters. The number of nitrogens with zero attached hydrogens (tertiary/aromatic N) is 2. The second-order valence-corrected chi connectivity index (χ2v) is 6.21. The first kappa shape index (κ1) is 15.1. The number of piperidine rings is 1. The van der Waals surface area contributed by atoms with E-state index in [4.69, 9.17) is 10.9 Å². The molecule has 1 saturated carbocycles. The van der Waals surface area contributed by atoms with Crippen molar-refractivity contribution in [1.29, 1.82) is 0 Å². The topological polar surface area (TPSA) is 91.0 Å². The summed E-state index contributed by atoms with van der Waals surface area (Å²) >= 11 is 0. The van der Waals surface area contributed by atoms with Crippen molar-refractivity contribution in [3.8, 4) is 0 Å². The minimum atomic E-state index is -0.748. The Morgan fingerprint density at radius 1 is 1.45 bits per heavy atom. The van der Waals surface area contributed by atoms with E-state index in [9.17, 15) is 4.79 Å². The van der Waals surface area contributed by atoms with Crippen LogP contribution in [0.15, 0.2) is 5.16 Å². The van der Waals surface area contributed by atoms with Gasteiger partial charge in [0.2, 0.25) is 5.91 Å². The van der Waals surface area contributed by atoms with Crippen LogP contribution in [-0.2, 0) is 4.79 Å². The second kappa shape index (κ2) is 6.43. The van der Waals surface area contributed by atoms with Gasteiger partial charge in [-0.25, -0.2) is 0 Å². The average Bonchev–Trinajstić information content (AvgIpc) is 2.39. The third-order valence-electron chi connectivity index (χ3n) is 4.92. The molecule has 2 rings (SSSR count). The third kappa shape index (κ3) is 3.06. The van der Waals surface area contributed by atoms with Gasteiger partial charge in [0.05, 0.1) is 0 Å². The van der Waals surface area contributed by atoms with Gasteiger partial charge in [-0.1, -0.05) is 11.6 Å². The van der Waals surface area contributed by atoms with Crippen molar-refractivity contribution in [3.63, 3.8) is 0 Å². The molecule has 1 aliphatic carbocycles. The predicted octanol–water partition coefficient (Wildman–Crippen LogP) is 0.751. The number of hydrogen-bond acceptors (Lipinski definition) is 4. The lowest BCUT2D eigenvalue weighted by atomic mass is 9.67. The highest BCUT2D eigenvalue weighted by Gasteiger charge is 2.48. The first-order valence-electron chi connectivity index (χ1n) is 7.53. The number of rotatable bonds is 5. The molecule has 6 nitrogen and oxygen atoms in total. The summed E-state index contributed by atoms with van der Waals surface area (Å²) in [5.74, 6) is 0.681. The fourth-order valence-electron chi connectivity index (χ4n) is 3.14. The van der Waals surface area contributed by atoms with E-state index < -0.39 is 5.41 Å². The molecule has 1 heterocycles. The Balaban J connectivity index is 1.75. The maximum atomic E-state index is 12.3. The zero-order valence-electron chi connectivity index (χ0n) is 12.3. The Kier molecular flexibility index (Phi) is 4.86. The van der Waals surface area contributed by atoms with Crippen molar-refractivity contribution in [2.24, 2.45) is 22.2 Å². The zero-order valence-corrected chi connectivity index (χ0v) is 12.3. The van der Waals surface area contributed by atoms with Crippen LogP contribution < -0.4 is 11.1 Å². The van der Waals surface area contributed by atoms with Crippen molar-refractivity contribution >= 4 is 11.7 Å². The largest absolute Gasteiger partial charge is 0.409 e. The molecule has 2 aliphatic rings. The summed E-state index contributed by atoms with van der Waals surface area (Å²) < 4.78 is 0. The summed E-state index contributed by atoms with van der Waals surface area (Å²) in [4.78, 5) is 14.6. The van der Waals surface area contributed by atoms with E-state index in [0.717, 1.165) is 25.9 Å². The molecule has 0 atom stereocenters. The van der Waals surface area contributed by atoms with Gasteiger partial charge in [-0.3, -0.25) is 4.79 Å². The lowest BCUT2D eigenvalue weighted by Crippen LogP contribution is -2.54. The van der Waals surface area contributed by atoms with Crippen molar-refractivity contribution in [2.75, 3.05) is 26.7 Å². The zero-order chi connectivity index (χ0) is 14.6. The summed E-state index contributed by atoms with van der Waals surface area (Å²) in [5, 5.41) is 14.8. The standard InChI is InChI=1S/C14H26N4O2/c1-18-9-4-11(5-10-18)3-8-16-13(19)14(6-2-7-14)12(15)17-20/h11,20H,2-10H2,1H3,(H2,15,17)(H,16,19). The van der Waals surface area contributed by atoms with E-state index >= 15 is 0 Å². The summed E-state index contributed by atoms with van der Waals surface area (Å²) in [6, 6.07) is 0. The van der Waals surface area contributed by atoms with E-state index in [1.54, 1.807) is 0 Å². The average molecular weight is 282 g/mol. The Labute approximate surface area is 120 Å². The van der Waals surface area contributed by atoms with Gasteiger partial charge in [0.1, 0.15) is 5.41 Å². The van der Waals surface area contributed by atoms with Gasteiger partial charge >= 0.3 is 0 Å². The fourth-order valence-corrected chi connectivity index (χ4v) is 3.14. The SMILES string of the molecule is CN1CCC(CCNC(=O)C2(C(N)=NO)CCC2)CC1.